The van der Waals surface area contributed by atoms with Crippen LogP contribution in [0.3, 0.4) is 0 Å². The molecule has 0 radical (unpaired) electrons. The Hall–Kier alpha value is -0.0800. The number of nitrogens with one attached hydrogen (secondary N) is 1. The zero-order valence-corrected chi connectivity index (χ0v) is 11.7. The molecule has 0 bridgehead atoms. The van der Waals surface area contributed by atoms with E-state index in [1.54, 1.807) is 0 Å². The van der Waals surface area contributed by atoms with E-state index in [0.717, 1.165) is 19.1 Å². The second kappa shape index (κ2) is 6.61. The van der Waals surface area contributed by atoms with Crippen LogP contribution in [0.15, 0.2) is 0 Å². The highest BCUT2D eigenvalue weighted by atomic mass is 15.1. The molecule has 96 valence electrons. The second-order valence-corrected chi connectivity index (χ2v) is 6.15. The fourth-order valence-corrected chi connectivity index (χ4v) is 2.85. The van der Waals surface area contributed by atoms with E-state index in [9.17, 15) is 0 Å². The third-order valence-corrected chi connectivity index (χ3v) is 3.73. The highest BCUT2D eigenvalue weighted by Crippen LogP contribution is 2.24. The molecule has 1 aliphatic carbocycles. The number of hydrogen-bond donors (Lipinski definition) is 1. The van der Waals surface area contributed by atoms with Crippen molar-refractivity contribution in [1.29, 1.82) is 0 Å². The number of nitrogens with zero attached hydrogens (tertiary/aromatic N) is 1. The predicted octanol–water partition coefficient (Wildman–Crippen LogP) is 2.89. The maximum absolute atomic E-state index is 3.47. The molecule has 0 amide bonds. The van der Waals surface area contributed by atoms with Crippen LogP contribution in [0.1, 0.15) is 52.9 Å². The van der Waals surface area contributed by atoms with Gasteiger partial charge in [-0.25, -0.2) is 0 Å². The topological polar surface area (TPSA) is 15.3 Å². The summed E-state index contributed by atoms with van der Waals surface area (Å²) in [7, 11) is 2.31. The minimum atomic E-state index is 0.391. The largest absolute Gasteiger partial charge is 0.316 e. The summed E-state index contributed by atoms with van der Waals surface area (Å²) in [5.41, 5.74) is 0.391. The Morgan fingerprint density at radius 2 is 1.81 bits per heavy atom. The minimum Gasteiger partial charge on any atom is -0.316 e. The average Bonchev–Trinajstić information content (AvgIpc) is 2.27. The molecule has 1 fully saturated rings. The summed E-state index contributed by atoms with van der Waals surface area (Å²) in [6.45, 7) is 10.3. The van der Waals surface area contributed by atoms with Gasteiger partial charge in [-0.05, 0) is 31.8 Å². The SMILES string of the molecule is CCNCC(C)(C)CN(C)C1CCCCC1. The first kappa shape index (κ1) is 14.0. The van der Waals surface area contributed by atoms with Gasteiger partial charge in [0.25, 0.3) is 0 Å². The molecule has 0 spiro atoms. The fraction of sp³-hybridized carbons (Fsp3) is 1.00. The van der Waals surface area contributed by atoms with Gasteiger partial charge in [0, 0.05) is 19.1 Å². The van der Waals surface area contributed by atoms with Gasteiger partial charge in [-0.1, -0.05) is 40.0 Å². The number of rotatable bonds is 6. The summed E-state index contributed by atoms with van der Waals surface area (Å²) in [5, 5.41) is 3.47. The lowest BCUT2D eigenvalue weighted by molar-refractivity contribution is 0.131. The Labute approximate surface area is 102 Å². The normalized spacial score (nSPS) is 19.3. The zero-order chi connectivity index (χ0) is 12.0. The average molecular weight is 226 g/mol. The van der Waals surface area contributed by atoms with Crippen LogP contribution in [0.4, 0.5) is 0 Å². The molecule has 0 aromatic heterocycles. The van der Waals surface area contributed by atoms with E-state index in [1.165, 1.54) is 38.6 Å². The summed E-state index contributed by atoms with van der Waals surface area (Å²) in [5.74, 6) is 0. The summed E-state index contributed by atoms with van der Waals surface area (Å²) in [6.07, 6.45) is 7.14. The van der Waals surface area contributed by atoms with E-state index >= 15 is 0 Å². The molecule has 1 rings (SSSR count). The van der Waals surface area contributed by atoms with Gasteiger partial charge in [0.2, 0.25) is 0 Å². The highest BCUT2D eigenvalue weighted by molar-refractivity contribution is 4.80. The predicted molar refractivity (Wildman–Crippen MR) is 71.8 cm³/mol. The van der Waals surface area contributed by atoms with Crippen molar-refractivity contribution in [1.82, 2.24) is 10.2 Å². The Balaban J connectivity index is 2.33. The quantitative estimate of drug-likeness (QED) is 0.749. The van der Waals surface area contributed by atoms with Crippen molar-refractivity contribution in [3.05, 3.63) is 0 Å². The lowest BCUT2D eigenvalue weighted by Gasteiger charge is -2.37. The van der Waals surface area contributed by atoms with E-state index in [-0.39, 0.29) is 0 Å². The third kappa shape index (κ3) is 4.84. The van der Waals surface area contributed by atoms with Gasteiger partial charge in [-0.15, -0.1) is 0 Å². The van der Waals surface area contributed by atoms with Gasteiger partial charge in [-0.2, -0.15) is 0 Å². The molecule has 2 heteroatoms. The molecule has 0 saturated heterocycles. The molecule has 0 aromatic carbocycles. The second-order valence-electron chi connectivity index (χ2n) is 6.15. The molecule has 0 aromatic rings. The van der Waals surface area contributed by atoms with Gasteiger partial charge in [0.1, 0.15) is 0 Å². The van der Waals surface area contributed by atoms with Crippen LogP contribution >= 0.6 is 0 Å². The maximum atomic E-state index is 3.47. The summed E-state index contributed by atoms with van der Waals surface area (Å²) < 4.78 is 0. The monoisotopic (exact) mass is 226 g/mol. The first-order valence-corrected chi connectivity index (χ1v) is 6.96. The molecule has 0 atom stereocenters. The highest BCUT2D eigenvalue weighted by Gasteiger charge is 2.24. The Morgan fingerprint density at radius 3 is 2.38 bits per heavy atom. The Kier molecular flexibility index (Phi) is 5.77. The molecule has 1 saturated carbocycles. The molecule has 2 nitrogen and oxygen atoms in total. The zero-order valence-electron chi connectivity index (χ0n) is 11.7. The van der Waals surface area contributed by atoms with Gasteiger partial charge < -0.3 is 10.2 Å². The first-order chi connectivity index (χ1) is 7.55. The van der Waals surface area contributed by atoms with Crippen molar-refractivity contribution in [2.75, 3.05) is 26.7 Å². The van der Waals surface area contributed by atoms with Crippen molar-refractivity contribution in [3.63, 3.8) is 0 Å². The van der Waals surface area contributed by atoms with Gasteiger partial charge in [0.15, 0.2) is 0 Å². The van der Waals surface area contributed by atoms with Crippen LogP contribution < -0.4 is 5.32 Å². The standard InChI is InChI=1S/C14H30N2/c1-5-15-11-14(2,3)12-16(4)13-9-7-6-8-10-13/h13,15H,5-12H2,1-4H3. The van der Waals surface area contributed by atoms with Crippen molar-refractivity contribution >= 4 is 0 Å². The molecule has 1 N–H and O–H groups in total. The van der Waals surface area contributed by atoms with Gasteiger partial charge in [0.05, 0.1) is 0 Å². The Bertz CT molecular complexity index is 183. The smallest absolute Gasteiger partial charge is 0.00924 e. The van der Waals surface area contributed by atoms with E-state index in [4.69, 9.17) is 0 Å². The van der Waals surface area contributed by atoms with Crippen LogP contribution in [-0.4, -0.2) is 37.6 Å². The van der Waals surface area contributed by atoms with Crippen LogP contribution in [0.2, 0.25) is 0 Å². The van der Waals surface area contributed by atoms with E-state index in [0.29, 0.717) is 5.41 Å². The molecule has 0 aliphatic heterocycles. The van der Waals surface area contributed by atoms with E-state index in [1.807, 2.05) is 0 Å². The van der Waals surface area contributed by atoms with Crippen LogP contribution in [0, 0.1) is 5.41 Å². The fourth-order valence-electron chi connectivity index (χ4n) is 2.85. The van der Waals surface area contributed by atoms with Crippen molar-refractivity contribution in [2.24, 2.45) is 5.41 Å². The van der Waals surface area contributed by atoms with E-state index < -0.39 is 0 Å². The van der Waals surface area contributed by atoms with Crippen LogP contribution in [-0.2, 0) is 0 Å². The molecule has 1 aliphatic rings. The summed E-state index contributed by atoms with van der Waals surface area (Å²) >= 11 is 0. The lowest BCUT2D eigenvalue weighted by Crippen LogP contribution is -2.43. The third-order valence-electron chi connectivity index (χ3n) is 3.73. The first-order valence-electron chi connectivity index (χ1n) is 6.96. The van der Waals surface area contributed by atoms with Crippen molar-refractivity contribution in [2.45, 2.75) is 58.9 Å². The summed E-state index contributed by atoms with van der Waals surface area (Å²) in [6, 6.07) is 0.842. The Morgan fingerprint density at radius 1 is 1.19 bits per heavy atom. The van der Waals surface area contributed by atoms with Crippen LogP contribution in [0.25, 0.3) is 0 Å². The maximum Gasteiger partial charge on any atom is 0.00924 e. The molecule has 0 unspecified atom stereocenters. The van der Waals surface area contributed by atoms with E-state index in [2.05, 4.69) is 38.0 Å². The molecule has 16 heavy (non-hydrogen) atoms. The van der Waals surface area contributed by atoms with Gasteiger partial charge in [-0.3, -0.25) is 0 Å². The summed E-state index contributed by atoms with van der Waals surface area (Å²) in [4.78, 5) is 2.59. The van der Waals surface area contributed by atoms with Crippen LogP contribution in [0.5, 0.6) is 0 Å². The van der Waals surface area contributed by atoms with Crippen molar-refractivity contribution in [3.8, 4) is 0 Å². The molecular weight excluding hydrogens is 196 g/mol. The number of hydrogen-bond acceptors (Lipinski definition) is 2. The lowest BCUT2D eigenvalue weighted by atomic mass is 9.89. The molecular formula is C14H30N2. The van der Waals surface area contributed by atoms with Gasteiger partial charge >= 0.3 is 0 Å². The van der Waals surface area contributed by atoms with Crippen molar-refractivity contribution < 1.29 is 0 Å². The minimum absolute atomic E-state index is 0.391. The molecule has 0 heterocycles.